The third-order valence-electron chi connectivity index (χ3n) is 3.39. The number of likely N-dealkylation sites (tertiary alicyclic amines) is 1. The fraction of sp³-hybridized carbons (Fsp3) is 0.533. The molecule has 1 atom stereocenters. The number of carbonyl (C=O) groups is 1. The van der Waals surface area contributed by atoms with Crippen LogP contribution in [0.1, 0.15) is 18.4 Å². The minimum Gasteiger partial charge on any atom is -0.445 e. The van der Waals surface area contributed by atoms with Crippen molar-refractivity contribution in [2.45, 2.75) is 25.5 Å². The number of nitrogens with two attached hydrogens (primary N) is 1. The molecular formula is C15H22N2O3. The van der Waals surface area contributed by atoms with E-state index >= 15 is 0 Å². The van der Waals surface area contributed by atoms with E-state index < -0.39 is 0 Å². The SMILES string of the molecule is NCCOC[C@H]1CCCN1C(=O)OCc1ccccc1. The van der Waals surface area contributed by atoms with Gasteiger partial charge in [0.15, 0.2) is 0 Å². The molecule has 0 aliphatic carbocycles. The molecule has 0 spiro atoms. The largest absolute Gasteiger partial charge is 0.445 e. The number of carbonyl (C=O) groups excluding carboxylic acids is 1. The zero-order chi connectivity index (χ0) is 14.2. The van der Waals surface area contributed by atoms with Crippen molar-refractivity contribution >= 4 is 6.09 Å². The van der Waals surface area contributed by atoms with Crippen molar-refractivity contribution in [1.29, 1.82) is 0 Å². The molecule has 1 aromatic rings. The summed E-state index contributed by atoms with van der Waals surface area (Å²) < 4.78 is 10.8. The van der Waals surface area contributed by atoms with Crippen molar-refractivity contribution < 1.29 is 14.3 Å². The number of rotatable bonds is 6. The van der Waals surface area contributed by atoms with Crippen LogP contribution >= 0.6 is 0 Å². The molecule has 1 aliphatic rings. The molecule has 1 amide bonds. The summed E-state index contributed by atoms with van der Waals surface area (Å²) in [6.45, 7) is 2.63. The number of hydrogen-bond acceptors (Lipinski definition) is 4. The van der Waals surface area contributed by atoms with Crippen molar-refractivity contribution in [2.24, 2.45) is 5.73 Å². The van der Waals surface area contributed by atoms with Gasteiger partial charge in [0.2, 0.25) is 0 Å². The molecule has 0 radical (unpaired) electrons. The Hall–Kier alpha value is -1.59. The second kappa shape index (κ2) is 7.87. The standard InChI is InChI=1S/C15H22N2O3/c16-8-10-19-12-14-7-4-9-17(14)15(18)20-11-13-5-2-1-3-6-13/h1-3,5-6,14H,4,7-12,16H2/t14-/m1/s1. The van der Waals surface area contributed by atoms with Crippen LogP contribution in [0.2, 0.25) is 0 Å². The van der Waals surface area contributed by atoms with E-state index in [1.165, 1.54) is 0 Å². The lowest BCUT2D eigenvalue weighted by molar-refractivity contribution is 0.0573. The van der Waals surface area contributed by atoms with E-state index in [2.05, 4.69) is 0 Å². The molecule has 0 bridgehead atoms. The van der Waals surface area contributed by atoms with Crippen molar-refractivity contribution in [3.63, 3.8) is 0 Å². The maximum Gasteiger partial charge on any atom is 0.410 e. The summed E-state index contributed by atoms with van der Waals surface area (Å²) in [4.78, 5) is 13.8. The third-order valence-corrected chi connectivity index (χ3v) is 3.39. The average molecular weight is 278 g/mol. The Bertz CT molecular complexity index is 411. The monoisotopic (exact) mass is 278 g/mol. The normalized spacial score (nSPS) is 18.2. The Balaban J connectivity index is 1.78. The summed E-state index contributed by atoms with van der Waals surface area (Å²) in [5.41, 5.74) is 6.39. The summed E-state index contributed by atoms with van der Waals surface area (Å²) in [7, 11) is 0. The van der Waals surface area contributed by atoms with Gasteiger partial charge in [-0.1, -0.05) is 30.3 Å². The summed E-state index contributed by atoms with van der Waals surface area (Å²) >= 11 is 0. The van der Waals surface area contributed by atoms with E-state index in [0.29, 0.717) is 26.4 Å². The fourth-order valence-electron chi connectivity index (χ4n) is 2.35. The van der Waals surface area contributed by atoms with Crippen molar-refractivity contribution in [1.82, 2.24) is 4.90 Å². The second-order valence-corrected chi connectivity index (χ2v) is 4.89. The highest BCUT2D eigenvalue weighted by molar-refractivity contribution is 5.68. The Morgan fingerprint density at radius 1 is 1.35 bits per heavy atom. The molecule has 0 saturated carbocycles. The van der Waals surface area contributed by atoms with Gasteiger partial charge in [-0.3, -0.25) is 0 Å². The van der Waals surface area contributed by atoms with Crippen LogP contribution in [0.3, 0.4) is 0 Å². The van der Waals surface area contributed by atoms with Gasteiger partial charge < -0.3 is 20.1 Å². The number of benzene rings is 1. The predicted octanol–water partition coefficient (Wildman–Crippen LogP) is 1.76. The highest BCUT2D eigenvalue weighted by atomic mass is 16.6. The fourth-order valence-corrected chi connectivity index (χ4v) is 2.35. The summed E-state index contributed by atoms with van der Waals surface area (Å²) in [6.07, 6.45) is 1.70. The molecule has 0 unspecified atom stereocenters. The van der Waals surface area contributed by atoms with Crippen LogP contribution in [0.5, 0.6) is 0 Å². The van der Waals surface area contributed by atoms with E-state index in [1.54, 1.807) is 4.90 Å². The lowest BCUT2D eigenvalue weighted by Gasteiger charge is -2.23. The molecule has 1 saturated heterocycles. The zero-order valence-corrected chi connectivity index (χ0v) is 11.7. The summed E-state index contributed by atoms with van der Waals surface area (Å²) in [6, 6.07) is 9.81. The molecule has 2 rings (SSSR count). The topological polar surface area (TPSA) is 64.8 Å². The smallest absolute Gasteiger partial charge is 0.410 e. The van der Waals surface area contributed by atoms with Crippen LogP contribution in [0.4, 0.5) is 4.79 Å². The Labute approximate surface area is 119 Å². The van der Waals surface area contributed by atoms with Crippen LogP contribution < -0.4 is 5.73 Å². The molecular weight excluding hydrogens is 256 g/mol. The van der Waals surface area contributed by atoms with Crippen LogP contribution in [0.25, 0.3) is 0 Å². The lowest BCUT2D eigenvalue weighted by atomic mass is 10.2. The number of amides is 1. The first-order chi connectivity index (χ1) is 9.81. The van der Waals surface area contributed by atoms with E-state index in [-0.39, 0.29) is 12.1 Å². The van der Waals surface area contributed by atoms with Crippen LogP contribution in [0, 0.1) is 0 Å². The van der Waals surface area contributed by atoms with Gasteiger partial charge in [-0.25, -0.2) is 4.79 Å². The molecule has 5 heteroatoms. The average Bonchev–Trinajstić information content (AvgIpc) is 2.95. The highest BCUT2D eigenvalue weighted by Gasteiger charge is 2.29. The molecule has 1 fully saturated rings. The molecule has 110 valence electrons. The first-order valence-electron chi connectivity index (χ1n) is 7.06. The molecule has 1 aliphatic heterocycles. The van der Waals surface area contributed by atoms with E-state index in [1.807, 2.05) is 30.3 Å². The van der Waals surface area contributed by atoms with Gasteiger partial charge in [0.05, 0.1) is 19.3 Å². The minimum atomic E-state index is -0.257. The number of nitrogens with zero attached hydrogens (tertiary/aromatic N) is 1. The Morgan fingerprint density at radius 3 is 2.90 bits per heavy atom. The van der Waals surface area contributed by atoms with Gasteiger partial charge in [-0.2, -0.15) is 0 Å². The number of ether oxygens (including phenoxy) is 2. The van der Waals surface area contributed by atoms with Gasteiger partial charge in [0, 0.05) is 13.1 Å². The first-order valence-corrected chi connectivity index (χ1v) is 7.06. The molecule has 2 N–H and O–H groups in total. The van der Waals surface area contributed by atoms with Gasteiger partial charge >= 0.3 is 6.09 Å². The van der Waals surface area contributed by atoms with Crippen molar-refractivity contribution in [2.75, 3.05) is 26.3 Å². The Morgan fingerprint density at radius 2 is 2.15 bits per heavy atom. The van der Waals surface area contributed by atoms with Crippen molar-refractivity contribution in [3.8, 4) is 0 Å². The molecule has 1 heterocycles. The summed E-state index contributed by atoms with van der Waals surface area (Å²) in [5, 5.41) is 0. The van der Waals surface area contributed by atoms with Gasteiger partial charge in [-0.05, 0) is 18.4 Å². The van der Waals surface area contributed by atoms with Gasteiger partial charge in [0.25, 0.3) is 0 Å². The van der Waals surface area contributed by atoms with Gasteiger partial charge in [-0.15, -0.1) is 0 Å². The van der Waals surface area contributed by atoms with E-state index in [4.69, 9.17) is 15.2 Å². The Kier molecular flexibility index (Phi) is 5.83. The van der Waals surface area contributed by atoms with E-state index in [0.717, 1.165) is 24.9 Å². The predicted molar refractivity (Wildman–Crippen MR) is 76.2 cm³/mol. The molecule has 5 nitrogen and oxygen atoms in total. The summed E-state index contributed by atoms with van der Waals surface area (Å²) in [5.74, 6) is 0. The molecule has 20 heavy (non-hydrogen) atoms. The quantitative estimate of drug-likeness (QED) is 0.805. The van der Waals surface area contributed by atoms with Crippen molar-refractivity contribution in [3.05, 3.63) is 35.9 Å². The van der Waals surface area contributed by atoms with Crippen LogP contribution in [0.15, 0.2) is 30.3 Å². The van der Waals surface area contributed by atoms with Crippen LogP contribution in [-0.4, -0.2) is 43.3 Å². The molecule has 1 aromatic carbocycles. The first kappa shape index (κ1) is 14.8. The minimum absolute atomic E-state index is 0.116. The zero-order valence-electron chi connectivity index (χ0n) is 11.7. The third kappa shape index (κ3) is 4.21. The maximum absolute atomic E-state index is 12.1. The highest BCUT2D eigenvalue weighted by Crippen LogP contribution is 2.19. The molecule has 0 aromatic heterocycles. The van der Waals surface area contributed by atoms with Gasteiger partial charge in [0.1, 0.15) is 6.61 Å². The lowest BCUT2D eigenvalue weighted by Crippen LogP contribution is -2.38. The van der Waals surface area contributed by atoms with E-state index in [9.17, 15) is 4.79 Å². The number of hydrogen-bond donors (Lipinski definition) is 1. The maximum atomic E-state index is 12.1. The van der Waals surface area contributed by atoms with Crippen LogP contribution in [-0.2, 0) is 16.1 Å². The second-order valence-electron chi connectivity index (χ2n) is 4.89.